The zero-order valence-electron chi connectivity index (χ0n) is 16.8. The summed E-state index contributed by atoms with van der Waals surface area (Å²) in [6.45, 7) is 0.274. The van der Waals surface area contributed by atoms with Gasteiger partial charge in [0, 0.05) is 29.4 Å². The van der Waals surface area contributed by atoms with E-state index >= 15 is 0 Å². The van der Waals surface area contributed by atoms with Crippen molar-refractivity contribution in [1.29, 1.82) is 0 Å². The Hall–Kier alpha value is -3.64. The molecule has 156 valence electrons. The van der Waals surface area contributed by atoms with Gasteiger partial charge in [0.15, 0.2) is 0 Å². The monoisotopic (exact) mass is 415 g/mol. The number of aliphatic hydroxyl groups is 1. The highest BCUT2D eigenvalue weighted by Crippen LogP contribution is 2.23. The van der Waals surface area contributed by atoms with Crippen LogP contribution in [0, 0.1) is 5.82 Å². The van der Waals surface area contributed by atoms with Crippen molar-refractivity contribution in [3.8, 4) is 0 Å². The summed E-state index contributed by atoms with van der Waals surface area (Å²) in [7, 11) is 0. The number of hydrogen-bond acceptors (Lipinski definition) is 4. The SMILES string of the molecule is O=C(N[C@@H](CO)Cc1ccccn1)c1ccccc1C1=NCC(c2ccc(F)cc2)=C1. The van der Waals surface area contributed by atoms with Crippen molar-refractivity contribution in [2.24, 2.45) is 4.99 Å². The molecule has 0 aliphatic carbocycles. The van der Waals surface area contributed by atoms with Gasteiger partial charge >= 0.3 is 0 Å². The predicted molar refractivity (Wildman–Crippen MR) is 119 cm³/mol. The Balaban J connectivity index is 1.53. The quantitative estimate of drug-likeness (QED) is 0.621. The molecule has 0 spiro atoms. The Bertz CT molecular complexity index is 1130. The number of nitrogens with zero attached hydrogens (tertiary/aromatic N) is 2. The average molecular weight is 415 g/mol. The van der Waals surface area contributed by atoms with Crippen LogP contribution in [-0.2, 0) is 6.42 Å². The van der Waals surface area contributed by atoms with Crippen molar-refractivity contribution in [3.05, 3.63) is 107 Å². The molecular formula is C25H22FN3O2. The molecule has 6 heteroatoms. The van der Waals surface area contributed by atoms with Crippen molar-refractivity contribution in [3.63, 3.8) is 0 Å². The van der Waals surface area contributed by atoms with Gasteiger partial charge in [0.25, 0.3) is 5.91 Å². The van der Waals surface area contributed by atoms with Crippen molar-refractivity contribution in [1.82, 2.24) is 10.3 Å². The van der Waals surface area contributed by atoms with E-state index in [0.29, 0.717) is 29.8 Å². The van der Waals surface area contributed by atoms with E-state index < -0.39 is 6.04 Å². The molecule has 0 fully saturated rings. The number of pyridine rings is 1. The summed E-state index contributed by atoms with van der Waals surface area (Å²) in [4.78, 5) is 21.9. The van der Waals surface area contributed by atoms with E-state index in [1.807, 2.05) is 36.4 Å². The van der Waals surface area contributed by atoms with Crippen LogP contribution in [0.5, 0.6) is 0 Å². The van der Waals surface area contributed by atoms with Gasteiger partial charge in [-0.1, -0.05) is 36.4 Å². The molecule has 2 N–H and O–H groups in total. The molecule has 1 atom stereocenters. The van der Waals surface area contributed by atoms with Crippen LogP contribution in [-0.4, -0.2) is 40.9 Å². The van der Waals surface area contributed by atoms with Crippen LogP contribution >= 0.6 is 0 Å². The Labute approximate surface area is 180 Å². The van der Waals surface area contributed by atoms with E-state index in [-0.39, 0.29) is 18.3 Å². The number of aliphatic imine (C=N–C) groups is 1. The van der Waals surface area contributed by atoms with Gasteiger partial charge in [-0.2, -0.15) is 0 Å². The van der Waals surface area contributed by atoms with Gasteiger partial charge in [-0.15, -0.1) is 0 Å². The lowest BCUT2D eigenvalue weighted by molar-refractivity contribution is 0.0916. The molecule has 1 aromatic heterocycles. The van der Waals surface area contributed by atoms with Crippen molar-refractivity contribution < 1.29 is 14.3 Å². The molecule has 1 amide bonds. The van der Waals surface area contributed by atoms with E-state index in [1.165, 1.54) is 12.1 Å². The molecule has 0 unspecified atom stereocenters. The standard InChI is InChI=1S/C25H22FN3O2/c26-19-10-8-17(9-11-19)18-13-24(28-15-18)22-6-1-2-7-23(22)25(31)29-21(16-30)14-20-5-3-4-12-27-20/h1-13,21,30H,14-16H2,(H,29,31)/t21-/m1/s1. The van der Waals surface area contributed by atoms with Gasteiger partial charge in [0.05, 0.1) is 24.9 Å². The first-order chi connectivity index (χ1) is 15.1. The minimum atomic E-state index is -0.453. The van der Waals surface area contributed by atoms with Gasteiger partial charge in [0.1, 0.15) is 5.82 Å². The van der Waals surface area contributed by atoms with Crippen molar-refractivity contribution >= 4 is 17.2 Å². The smallest absolute Gasteiger partial charge is 0.252 e. The summed E-state index contributed by atoms with van der Waals surface area (Å²) in [6, 6.07) is 18.6. The molecule has 0 saturated carbocycles. The topological polar surface area (TPSA) is 74.6 Å². The second-order valence-corrected chi connectivity index (χ2v) is 7.30. The zero-order valence-corrected chi connectivity index (χ0v) is 16.8. The Morgan fingerprint density at radius 2 is 1.84 bits per heavy atom. The van der Waals surface area contributed by atoms with Crippen LogP contribution in [0.4, 0.5) is 4.39 Å². The second kappa shape index (κ2) is 9.45. The van der Waals surface area contributed by atoms with Crippen LogP contribution < -0.4 is 5.32 Å². The molecule has 3 aromatic rings. The van der Waals surface area contributed by atoms with Crippen LogP contribution in [0.1, 0.15) is 27.2 Å². The Kier molecular flexibility index (Phi) is 6.29. The number of hydrogen-bond donors (Lipinski definition) is 2. The minimum Gasteiger partial charge on any atom is -0.394 e. The molecular weight excluding hydrogens is 393 g/mol. The third-order valence-electron chi connectivity index (χ3n) is 5.13. The summed E-state index contributed by atoms with van der Waals surface area (Å²) in [6.07, 6.45) is 4.04. The van der Waals surface area contributed by atoms with Crippen LogP contribution in [0.2, 0.25) is 0 Å². The summed E-state index contributed by atoms with van der Waals surface area (Å²) in [5, 5.41) is 12.6. The maximum Gasteiger partial charge on any atom is 0.252 e. The maximum atomic E-state index is 13.2. The Morgan fingerprint density at radius 3 is 2.58 bits per heavy atom. The van der Waals surface area contributed by atoms with E-state index in [2.05, 4.69) is 15.3 Å². The number of amides is 1. The van der Waals surface area contributed by atoms with Gasteiger partial charge < -0.3 is 10.4 Å². The van der Waals surface area contributed by atoms with Crippen LogP contribution in [0.25, 0.3) is 5.57 Å². The molecule has 4 rings (SSSR count). The number of benzene rings is 2. The van der Waals surface area contributed by atoms with Crippen molar-refractivity contribution in [2.45, 2.75) is 12.5 Å². The number of nitrogens with one attached hydrogen (secondary N) is 1. The fraction of sp³-hybridized carbons (Fsp3) is 0.160. The third-order valence-corrected chi connectivity index (χ3v) is 5.13. The maximum absolute atomic E-state index is 13.2. The average Bonchev–Trinajstić information content (AvgIpc) is 3.30. The first-order valence-electron chi connectivity index (χ1n) is 10.1. The molecule has 1 aliphatic rings. The summed E-state index contributed by atoms with van der Waals surface area (Å²) >= 11 is 0. The lowest BCUT2D eigenvalue weighted by Gasteiger charge is -2.17. The van der Waals surface area contributed by atoms with E-state index in [0.717, 1.165) is 16.8 Å². The zero-order chi connectivity index (χ0) is 21.6. The normalized spacial score (nSPS) is 14.0. The molecule has 5 nitrogen and oxygen atoms in total. The summed E-state index contributed by atoms with van der Waals surface area (Å²) in [5.41, 5.74) is 4.56. The number of aromatic nitrogens is 1. The minimum absolute atomic E-state index is 0.194. The molecule has 0 saturated heterocycles. The highest BCUT2D eigenvalue weighted by molar-refractivity contribution is 6.19. The third kappa shape index (κ3) is 4.92. The Morgan fingerprint density at radius 1 is 1.06 bits per heavy atom. The number of halogens is 1. The summed E-state index contributed by atoms with van der Waals surface area (Å²) in [5.74, 6) is -0.563. The fourth-order valence-electron chi connectivity index (χ4n) is 3.53. The van der Waals surface area contributed by atoms with E-state index in [1.54, 1.807) is 30.5 Å². The lowest BCUT2D eigenvalue weighted by Crippen LogP contribution is -2.39. The number of rotatable bonds is 7. The molecule has 2 aromatic carbocycles. The van der Waals surface area contributed by atoms with E-state index in [9.17, 15) is 14.3 Å². The molecule has 1 aliphatic heterocycles. The van der Waals surface area contributed by atoms with Crippen LogP contribution in [0.15, 0.2) is 84.0 Å². The van der Waals surface area contributed by atoms with Gasteiger partial charge in [-0.25, -0.2) is 4.39 Å². The van der Waals surface area contributed by atoms with Gasteiger partial charge in [0.2, 0.25) is 0 Å². The molecule has 2 heterocycles. The fourth-order valence-corrected chi connectivity index (χ4v) is 3.53. The van der Waals surface area contributed by atoms with Crippen molar-refractivity contribution in [2.75, 3.05) is 13.2 Å². The van der Waals surface area contributed by atoms with E-state index in [4.69, 9.17) is 0 Å². The molecule has 0 bridgehead atoms. The van der Waals surface area contributed by atoms with Gasteiger partial charge in [-0.05, 0) is 47.5 Å². The lowest BCUT2D eigenvalue weighted by atomic mass is 9.99. The molecule has 31 heavy (non-hydrogen) atoms. The van der Waals surface area contributed by atoms with Gasteiger partial charge in [-0.3, -0.25) is 14.8 Å². The highest BCUT2D eigenvalue weighted by Gasteiger charge is 2.20. The van der Waals surface area contributed by atoms with Crippen LogP contribution in [0.3, 0.4) is 0 Å². The first-order valence-corrected chi connectivity index (χ1v) is 10.1. The number of allylic oxidation sites excluding steroid dienone is 1. The largest absolute Gasteiger partial charge is 0.394 e. The first kappa shape index (κ1) is 20.6. The second-order valence-electron chi connectivity index (χ2n) is 7.30. The number of aliphatic hydroxyl groups excluding tert-OH is 1. The highest BCUT2D eigenvalue weighted by atomic mass is 19.1. The predicted octanol–water partition coefficient (Wildman–Crippen LogP) is 3.44. The number of carbonyl (C=O) groups excluding carboxylic acids is 1. The molecule has 0 radical (unpaired) electrons. The number of carbonyl (C=O) groups is 1. The summed E-state index contributed by atoms with van der Waals surface area (Å²) < 4.78 is 13.2.